The molecular formula is C27H49NO. The van der Waals surface area contributed by atoms with Crippen LogP contribution in [0.3, 0.4) is 0 Å². The van der Waals surface area contributed by atoms with Crippen molar-refractivity contribution in [1.29, 1.82) is 0 Å². The van der Waals surface area contributed by atoms with Crippen LogP contribution >= 0.6 is 0 Å². The fourth-order valence-electron chi connectivity index (χ4n) is 8.35. The van der Waals surface area contributed by atoms with Gasteiger partial charge in [0.15, 0.2) is 0 Å². The molecule has 7 atom stereocenters. The second-order valence-corrected chi connectivity index (χ2v) is 12.0. The van der Waals surface area contributed by atoms with Crippen LogP contribution < -0.4 is 0 Å². The second kappa shape index (κ2) is 9.31. The first kappa shape index (κ1) is 23.1. The van der Waals surface area contributed by atoms with Crippen LogP contribution in [0, 0.1) is 46.3 Å². The molecule has 0 saturated heterocycles. The van der Waals surface area contributed by atoms with Crippen molar-refractivity contribution in [3.05, 3.63) is 0 Å². The van der Waals surface area contributed by atoms with Crippen molar-refractivity contribution < 1.29 is 5.21 Å². The van der Waals surface area contributed by atoms with E-state index in [-0.39, 0.29) is 5.41 Å². The summed E-state index contributed by atoms with van der Waals surface area (Å²) in [6.07, 6.45) is 15.9. The van der Waals surface area contributed by atoms with Crippen LogP contribution in [0.4, 0.5) is 0 Å². The molecule has 0 aromatic heterocycles. The topological polar surface area (TPSA) is 32.6 Å². The number of oxime groups is 1. The first-order valence-electron chi connectivity index (χ1n) is 13.0. The van der Waals surface area contributed by atoms with Crippen LogP contribution in [-0.4, -0.2) is 10.9 Å². The first-order chi connectivity index (χ1) is 13.8. The molecule has 3 aliphatic carbocycles. The van der Waals surface area contributed by atoms with E-state index in [9.17, 15) is 5.21 Å². The van der Waals surface area contributed by atoms with Crippen molar-refractivity contribution >= 4 is 5.71 Å². The maximum atomic E-state index is 9.78. The zero-order valence-electron chi connectivity index (χ0n) is 20.3. The van der Waals surface area contributed by atoms with Crippen molar-refractivity contribution in [2.75, 3.05) is 0 Å². The van der Waals surface area contributed by atoms with Crippen molar-refractivity contribution in [2.24, 2.45) is 51.5 Å². The summed E-state index contributed by atoms with van der Waals surface area (Å²) in [4.78, 5) is 0. The smallest absolute Gasteiger partial charge is 0.0632 e. The van der Waals surface area contributed by atoms with Crippen LogP contribution in [0.25, 0.3) is 0 Å². The monoisotopic (exact) mass is 403 g/mol. The molecule has 29 heavy (non-hydrogen) atoms. The molecule has 0 amide bonds. The zero-order valence-corrected chi connectivity index (χ0v) is 20.3. The van der Waals surface area contributed by atoms with E-state index < -0.39 is 0 Å². The van der Waals surface area contributed by atoms with Crippen molar-refractivity contribution in [1.82, 2.24) is 0 Å². The van der Waals surface area contributed by atoms with Crippen LogP contribution in [0.15, 0.2) is 5.16 Å². The van der Waals surface area contributed by atoms with Gasteiger partial charge in [-0.3, -0.25) is 0 Å². The average Bonchev–Trinajstić information content (AvgIpc) is 3.03. The number of hydrogen-bond acceptors (Lipinski definition) is 2. The third-order valence-corrected chi connectivity index (χ3v) is 10.0. The summed E-state index contributed by atoms with van der Waals surface area (Å²) in [6.45, 7) is 14.7. The molecule has 0 aromatic rings. The van der Waals surface area contributed by atoms with E-state index >= 15 is 0 Å². The van der Waals surface area contributed by atoms with Gasteiger partial charge >= 0.3 is 0 Å². The van der Waals surface area contributed by atoms with E-state index in [0.717, 1.165) is 47.6 Å². The quantitative estimate of drug-likeness (QED) is 0.320. The molecular weight excluding hydrogens is 354 g/mol. The Hall–Kier alpha value is -0.530. The average molecular weight is 404 g/mol. The maximum Gasteiger partial charge on any atom is 0.0632 e. The lowest BCUT2D eigenvalue weighted by molar-refractivity contribution is -0.0452. The van der Waals surface area contributed by atoms with Crippen molar-refractivity contribution in [2.45, 2.75) is 119 Å². The molecule has 0 unspecified atom stereocenters. The Kier molecular flexibility index (Phi) is 7.43. The molecule has 0 radical (unpaired) electrons. The zero-order chi connectivity index (χ0) is 21.2. The Morgan fingerprint density at radius 1 is 1.00 bits per heavy atom. The Balaban J connectivity index is 1.75. The SMILES string of the molecule is CCCC[C@@]1(C)C(=NO)CC[C@H]2[C@@H]3CC[C@H]([C@H](C)CCCC(C)C)[C@@]3(C)CC[C@@H]21. The van der Waals surface area contributed by atoms with E-state index in [1.165, 1.54) is 70.6 Å². The lowest BCUT2D eigenvalue weighted by Gasteiger charge is -2.57. The molecule has 0 heterocycles. The van der Waals surface area contributed by atoms with Gasteiger partial charge in [-0.1, -0.05) is 78.8 Å². The summed E-state index contributed by atoms with van der Waals surface area (Å²) in [7, 11) is 0. The van der Waals surface area contributed by atoms with Crippen LogP contribution in [-0.2, 0) is 0 Å². The highest BCUT2D eigenvalue weighted by Crippen LogP contribution is 2.66. The van der Waals surface area contributed by atoms with Gasteiger partial charge in [0.1, 0.15) is 0 Å². The first-order valence-corrected chi connectivity index (χ1v) is 13.0. The summed E-state index contributed by atoms with van der Waals surface area (Å²) in [5.41, 5.74) is 1.81. The molecule has 0 aromatic carbocycles. The minimum Gasteiger partial charge on any atom is -0.411 e. The summed E-state index contributed by atoms with van der Waals surface area (Å²) >= 11 is 0. The highest BCUT2D eigenvalue weighted by atomic mass is 16.4. The van der Waals surface area contributed by atoms with Gasteiger partial charge in [0, 0.05) is 5.41 Å². The predicted octanol–water partition coefficient (Wildman–Crippen LogP) is 8.33. The van der Waals surface area contributed by atoms with Crippen LogP contribution in [0.5, 0.6) is 0 Å². The highest BCUT2D eigenvalue weighted by Gasteiger charge is 2.59. The lowest BCUT2D eigenvalue weighted by atomic mass is 9.47. The fourth-order valence-corrected chi connectivity index (χ4v) is 8.35. The number of unbranched alkanes of at least 4 members (excludes halogenated alkanes) is 1. The molecule has 0 bridgehead atoms. The van der Waals surface area contributed by atoms with E-state index in [4.69, 9.17) is 0 Å². The fraction of sp³-hybridized carbons (Fsp3) is 0.963. The third kappa shape index (κ3) is 4.29. The molecule has 1 N–H and O–H groups in total. The summed E-state index contributed by atoms with van der Waals surface area (Å²) in [5, 5.41) is 13.6. The number of hydrogen-bond donors (Lipinski definition) is 1. The molecule has 3 saturated carbocycles. The molecule has 2 nitrogen and oxygen atoms in total. The number of rotatable bonds is 8. The molecule has 3 aliphatic rings. The standard InChI is InChI=1S/C27H49NO/c1-7-8-17-27(6)24-16-18-26(5)22(20(4)11-9-10-19(2)3)13-14-23(26)21(24)12-15-25(27)28-29/h19-24,29H,7-18H2,1-6H3/t20-,21+,22-,23+,24+,26-,27-/m1/s1. The Morgan fingerprint density at radius 2 is 1.76 bits per heavy atom. The Bertz CT molecular complexity index is 569. The van der Waals surface area contributed by atoms with Gasteiger partial charge in [-0.15, -0.1) is 0 Å². The molecule has 0 spiro atoms. The van der Waals surface area contributed by atoms with Crippen molar-refractivity contribution in [3.63, 3.8) is 0 Å². The van der Waals surface area contributed by atoms with E-state index in [1.54, 1.807) is 0 Å². The molecule has 0 aliphatic heterocycles. The van der Waals surface area contributed by atoms with Gasteiger partial charge in [-0.05, 0) is 85.9 Å². The van der Waals surface area contributed by atoms with Gasteiger partial charge in [0.05, 0.1) is 5.71 Å². The largest absolute Gasteiger partial charge is 0.411 e. The molecule has 2 heteroatoms. The highest BCUT2D eigenvalue weighted by molar-refractivity contribution is 5.90. The van der Waals surface area contributed by atoms with E-state index in [2.05, 4.69) is 46.7 Å². The van der Waals surface area contributed by atoms with E-state index in [0.29, 0.717) is 5.41 Å². The van der Waals surface area contributed by atoms with Crippen LogP contribution in [0.2, 0.25) is 0 Å². The third-order valence-electron chi connectivity index (χ3n) is 10.0. The molecule has 168 valence electrons. The molecule has 3 fully saturated rings. The lowest BCUT2D eigenvalue weighted by Crippen LogP contribution is -2.52. The van der Waals surface area contributed by atoms with Crippen molar-refractivity contribution in [3.8, 4) is 0 Å². The minimum absolute atomic E-state index is 0.135. The molecule has 3 rings (SSSR count). The Morgan fingerprint density at radius 3 is 2.41 bits per heavy atom. The second-order valence-electron chi connectivity index (χ2n) is 12.0. The maximum absolute atomic E-state index is 9.78. The van der Waals surface area contributed by atoms with Gasteiger partial charge in [-0.25, -0.2) is 0 Å². The van der Waals surface area contributed by atoms with E-state index in [1.807, 2.05) is 0 Å². The number of fused-ring (bicyclic) bond motifs is 3. The Labute approximate surface area is 181 Å². The van der Waals surface area contributed by atoms with Gasteiger partial charge < -0.3 is 5.21 Å². The predicted molar refractivity (Wildman–Crippen MR) is 124 cm³/mol. The van der Waals surface area contributed by atoms with Gasteiger partial charge in [0.2, 0.25) is 0 Å². The summed E-state index contributed by atoms with van der Waals surface area (Å²) in [6, 6.07) is 0. The normalized spacial score (nSPS) is 42.1. The van der Waals surface area contributed by atoms with Gasteiger partial charge in [-0.2, -0.15) is 0 Å². The number of nitrogens with zero attached hydrogens (tertiary/aromatic N) is 1. The van der Waals surface area contributed by atoms with Gasteiger partial charge in [0.25, 0.3) is 0 Å². The summed E-state index contributed by atoms with van der Waals surface area (Å²) < 4.78 is 0. The van der Waals surface area contributed by atoms with Crippen LogP contribution in [0.1, 0.15) is 119 Å². The summed E-state index contributed by atoms with van der Waals surface area (Å²) in [5.74, 6) is 5.14. The minimum atomic E-state index is 0.135.